The maximum atomic E-state index is 13.2. The van der Waals surface area contributed by atoms with Crippen molar-refractivity contribution in [2.45, 2.75) is 6.54 Å². The molecule has 1 heterocycles. The van der Waals surface area contributed by atoms with Crippen molar-refractivity contribution in [2.75, 3.05) is 6.54 Å². The summed E-state index contributed by atoms with van der Waals surface area (Å²) < 4.78 is 27.3. The Kier molecular flexibility index (Phi) is 4.69. The van der Waals surface area contributed by atoms with E-state index in [2.05, 4.69) is 11.2 Å². The molecule has 6 heteroatoms. The molecular formula is C16H12F2N2O2. The fourth-order valence-corrected chi connectivity index (χ4v) is 1.90. The molecule has 1 N–H and O–H groups in total. The van der Waals surface area contributed by atoms with Gasteiger partial charge in [-0.25, -0.2) is 8.78 Å². The first-order chi connectivity index (χ1) is 10.5. The van der Waals surface area contributed by atoms with Gasteiger partial charge >= 0.3 is 0 Å². The summed E-state index contributed by atoms with van der Waals surface area (Å²) in [5.41, 5.74) is -0.204. The lowest BCUT2D eigenvalue weighted by Crippen LogP contribution is -2.33. The predicted octanol–water partition coefficient (Wildman–Crippen LogP) is 1.54. The van der Waals surface area contributed by atoms with E-state index in [0.29, 0.717) is 5.56 Å². The van der Waals surface area contributed by atoms with Gasteiger partial charge in [0.2, 0.25) is 0 Å². The average molecular weight is 302 g/mol. The number of halogens is 2. The lowest BCUT2D eigenvalue weighted by atomic mass is 10.2. The van der Waals surface area contributed by atoms with Gasteiger partial charge in [0.15, 0.2) is 11.6 Å². The zero-order valence-electron chi connectivity index (χ0n) is 11.5. The van der Waals surface area contributed by atoms with E-state index in [9.17, 15) is 18.4 Å². The minimum atomic E-state index is -0.992. The highest BCUT2D eigenvalue weighted by Crippen LogP contribution is 2.09. The number of amides is 1. The smallest absolute Gasteiger partial charge is 0.263 e. The lowest BCUT2D eigenvalue weighted by Gasteiger charge is -2.08. The number of hydrogen-bond acceptors (Lipinski definition) is 2. The second kappa shape index (κ2) is 6.68. The molecule has 0 aliphatic heterocycles. The number of carbonyl (C=O) groups excluding carboxylic acids is 1. The number of carbonyl (C=O) groups is 1. The molecule has 2 aromatic rings. The monoisotopic (exact) mass is 302 g/mol. The topological polar surface area (TPSA) is 51.1 Å². The summed E-state index contributed by atoms with van der Waals surface area (Å²) in [5, 5.41) is 2.40. The maximum absolute atomic E-state index is 13.2. The third-order valence-electron chi connectivity index (χ3n) is 2.95. The highest BCUT2D eigenvalue weighted by molar-refractivity contribution is 5.93. The number of nitrogens with zero attached hydrogens (tertiary/aromatic N) is 1. The van der Waals surface area contributed by atoms with Crippen LogP contribution in [0.15, 0.2) is 41.3 Å². The van der Waals surface area contributed by atoms with Gasteiger partial charge in [-0.15, -0.1) is 6.42 Å². The lowest BCUT2D eigenvalue weighted by molar-refractivity contribution is 0.0956. The molecule has 1 aromatic carbocycles. The Morgan fingerprint density at radius 2 is 2.05 bits per heavy atom. The van der Waals surface area contributed by atoms with Crippen LogP contribution in [0.2, 0.25) is 0 Å². The summed E-state index contributed by atoms with van der Waals surface area (Å²) in [4.78, 5) is 24.0. The number of rotatable bonds is 4. The molecular weight excluding hydrogens is 290 g/mol. The third-order valence-corrected chi connectivity index (χ3v) is 2.95. The summed E-state index contributed by atoms with van der Waals surface area (Å²) >= 11 is 0. The molecule has 0 radical (unpaired) electrons. The van der Waals surface area contributed by atoms with Crippen LogP contribution in [0.5, 0.6) is 0 Å². The Hall–Kier alpha value is -2.94. The first-order valence-electron chi connectivity index (χ1n) is 6.38. The van der Waals surface area contributed by atoms with Crippen LogP contribution < -0.4 is 10.9 Å². The van der Waals surface area contributed by atoms with Crippen molar-refractivity contribution in [3.63, 3.8) is 0 Å². The quantitative estimate of drug-likeness (QED) is 0.871. The molecule has 2 rings (SSSR count). The molecule has 0 saturated heterocycles. The highest BCUT2D eigenvalue weighted by Gasteiger charge is 2.12. The van der Waals surface area contributed by atoms with Crippen LogP contribution in [0.25, 0.3) is 0 Å². The second-order valence-corrected chi connectivity index (χ2v) is 4.49. The van der Waals surface area contributed by atoms with Crippen LogP contribution in [-0.2, 0) is 6.54 Å². The summed E-state index contributed by atoms with van der Waals surface area (Å²) in [6.07, 6.45) is 6.50. The van der Waals surface area contributed by atoms with Gasteiger partial charge in [0.25, 0.3) is 11.5 Å². The fourth-order valence-electron chi connectivity index (χ4n) is 1.90. The van der Waals surface area contributed by atoms with Crippen molar-refractivity contribution in [3.8, 4) is 12.3 Å². The highest BCUT2D eigenvalue weighted by atomic mass is 19.2. The van der Waals surface area contributed by atoms with Gasteiger partial charge in [-0.3, -0.25) is 9.59 Å². The molecule has 0 bridgehead atoms. The Balaban J connectivity index is 2.29. The van der Waals surface area contributed by atoms with Crippen LogP contribution in [0, 0.1) is 24.0 Å². The second-order valence-electron chi connectivity index (χ2n) is 4.49. The average Bonchev–Trinajstić information content (AvgIpc) is 2.50. The number of hydrogen-bond donors (Lipinski definition) is 1. The number of nitrogens with one attached hydrogen (secondary N) is 1. The third kappa shape index (κ3) is 3.38. The van der Waals surface area contributed by atoms with E-state index < -0.39 is 23.1 Å². The van der Waals surface area contributed by atoms with Gasteiger partial charge in [-0.05, 0) is 29.8 Å². The Morgan fingerprint density at radius 3 is 2.73 bits per heavy atom. The normalized spacial score (nSPS) is 10.0. The van der Waals surface area contributed by atoms with Gasteiger partial charge in [-0.1, -0.05) is 12.0 Å². The summed E-state index contributed by atoms with van der Waals surface area (Å²) in [6, 6.07) is 6.25. The van der Waals surface area contributed by atoms with E-state index in [1.165, 1.54) is 29.0 Å². The minimum absolute atomic E-state index is 0.0103. The van der Waals surface area contributed by atoms with E-state index >= 15 is 0 Å². The SMILES string of the molecule is C#CCNC(=O)c1cccn(Cc2ccc(F)c(F)c2)c1=O. The molecule has 22 heavy (non-hydrogen) atoms. The van der Waals surface area contributed by atoms with Gasteiger partial charge < -0.3 is 9.88 Å². The van der Waals surface area contributed by atoms with Crippen LogP contribution in [0.1, 0.15) is 15.9 Å². The Morgan fingerprint density at radius 1 is 1.27 bits per heavy atom. The van der Waals surface area contributed by atoms with Crippen molar-refractivity contribution in [1.29, 1.82) is 0 Å². The standard InChI is InChI=1S/C16H12F2N2O2/c1-2-7-19-15(21)12-4-3-8-20(16(12)22)10-11-5-6-13(17)14(18)9-11/h1,3-6,8-9H,7,10H2,(H,19,21). The van der Waals surface area contributed by atoms with Crippen molar-refractivity contribution in [1.82, 2.24) is 9.88 Å². The number of terminal acetylenes is 1. The van der Waals surface area contributed by atoms with Crippen LogP contribution in [0.4, 0.5) is 8.78 Å². The number of aromatic nitrogens is 1. The summed E-state index contributed by atoms with van der Waals surface area (Å²) in [6.45, 7) is 0.0304. The largest absolute Gasteiger partial charge is 0.341 e. The molecule has 0 fully saturated rings. The van der Waals surface area contributed by atoms with Gasteiger partial charge in [0, 0.05) is 6.20 Å². The maximum Gasteiger partial charge on any atom is 0.263 e. The molecule has 0 atom stereocenters. The van der Waals surface area contributed by atoms with Crippen molar-refractivity contribution in [3.05, 3.63) is 69.6 Å². The molecule has 0 unspecified atom stereocenters. The summed E-state index contributed by atoms with van der Waals surface area (Å²) in [7, 11) is 0. The van der Waals surface area contributed by atoms with Gasteiger partial charge in [0.05, 0.1) is 13.1 Å². The van der Waals surface area contributed by atoms with E-state index in [0.717, 1.165) is 12.1 Å². The molecule has 1 amide bonds. The molecule has 0 saturated carbocycles. The predicted molar refractivity (Wildman–Crippen MR) is 77.3 cm³/mol. The first-order valence-corrected chi connectivity index (χ1v) is 6.38. The van der Waals surface area contributed by atoms with Crippen molar-refractivity contribution >= 4 is 5.91 Å². The van der Waals surface area contributed by atoms with Gasteiger partial charge in [0.1, 0.15) is 5.56 Å². The van der Waals surface area contributed by atoms with Crippen LogP contribution in [-0.4, -0.2) is 17.0 Å². The Bertz CT molecular complexity index is 807. The zero-order chi connectivity index (χ0) is 16.1. The van der Waals surface area contributed by atoms with Gasteiger partial charge in [-0.2, -0.15) is 0 Å². The van der Waals surface area contributed by atoms with Crippen LogP contribution in [0.3, 0.4) is 0 Å². The summed E-state index contributed by atoms with van der Waals surface area (Å²) in [5.74, 6) is -0.297. The van der Waals surface area contributed by atoms with E-state index in [1.807, 2.05) is 0 Å². The zero-order valence-corrected chi connectivity index (χ0v) is 11.5. The van der Waals surface area contributed by atoms with Crippen LogP contribution >= 0.6 is 0 Å². The Labute approximate surface area is 125 Å². The molecule has 4 nitrogen and oxygen atoms in total. The van der Waals surface area contributed by atoms with Crippen molar-refractivity contribution < 1.29 is 13.6 Å². The minimum Gasteiger partial charge on any atom is -0.341 e. The number of pyridine rings is 1. The van der Waals surface area contributed by atoms with E-state index in [-0.39, 0.29) is 18.7 Å². The van der Waals surface area contributed by atoms with E-state index in [1.54, 1.807) is 0 Å². The number of benzene rings is 1. The molecule has 0 aliphatic rings. The molecule has 0 aliphatic carbocycles. The fraction of sp³-hybridized carbons (Fsp3) is 0.125. The molecule has 0 spiro atoms. The molecule has 112 valence electrons. The first kappa shape index (κ1) is 15.4. The van der Waals surface area contributed by atoms with Crippen molar-refractivity contribution in [2.24, 2.45) is 0 Å². The van der Waals surface area contributed by atoms with E-state index in [4.69, 9.17) is 6.42 Å². The molecule has 1 aromatic heterocycles.